The predicted molar refractivity (Wildman–Crippen MR) is 70.7 cm³/mol. The average molecular weight is 299 g/mol. The Morgan fingerprint density at radius 2 is 2.18 bits per heavy atom. The van der Waals surface area contributed by atoms with Crippen molar-refractivity contribution in [3.8, 4) is 0 Å². The third kappa shape index (κ3) is 2.20. The second-order valence-electron chi connectivity index (χ2n) is 4.91. The standard InChI is InChI=1S/C13H16BrFN2/c14-9-3-4-10(15)12(8-9)16-11-5-7-17-6-1-2-13(11)17/h3-4,8,11,13,16H,1-2,5-7H2. The van der Waals surface area contributed by atoms with E-state index in [1.807, 2.05) is 6.07 Å². The van der Waals surface area contributed by atoms with Crippen molar-refractivity contribution in [3.63, 3.8) is 0 Å². The Morgan fingerprint density at radius 3 is 3.06 bits per heavy atom. The van der Waals surface area contributed by atoms with E-state index in [-0.39, 0.29) is 5.82 Å². The molecule has 92 valence electrons. The van der Waals surface area contributed by atoms with Gasteiger partial charge in [0, 0.05) is 23.1 Å². The molecule has 0 radical (unpaired) electrons. The van der Waals surface area contributed by atoms with Gasteiger partial charge in [-0.25, -0.2) is 4.39 Å². The third-order valence-electron chi connectivity index (χ3n) is 3.88. The molecule has 3 rings (SSSR count). The van der Waals surface area contributed by atoms with E-state index in [1.165, 1.54) is 25.5 Å². The van der Waals surface area contributed by atoms with E-state index in [1.54, 1.807) is 6.07 Å². The van der Waals surface area contributed by atoms with E-state index in [0.29, 0.717) is 17.8 Å². The number of rotatable bonds is 2. The molecule has 0 amide bonds. The van der Waals surface area contributed by atoms with Crippen LogP contribution in [-0.4, -0.2) is 30.1 Å². The van der Waals surface area contributed by atoms with Crippen molar-refractivity contribution in [2.24, 2.45) is 0 Å². The summed E-state index contributed by atoms with van der Waals surface area (Å²) in [4.78, 5) is 2.52. The fourth-order valence-corrected chi connectivity index (χ4v) is 3.42. The number of benzene rings is 1. The molecule has 1 aromatic carbocycles. The Kier molecular flexibility index (Phi) is 3.09. The van der Waals surface area contributed by atoms with Crippen molar-refractivity contribution in [2.45, 2.75) is 31.3 Å². The van der Waals surface area contributed by atoms with Crippen LogP contribution >= 0.6 is 15.9 Å². The van der Waals surface area contributed by atoms with E-state index in [9.17, 15) is 4.39 Å². The van der Waals surface area contributed by atoms with E-state index < -0.39 is 0 Å². The zero-order valence-corrected chi connectivity index (χ0v) is 11.2. The number of nitrogens with zero attached hydrogens (tertiary/aromatic N) is 1. The third-order valence-corrected chi connectivity index (χ3v) is 4.37. The Balaban J connectivity index is 1.76. The van der Waals surface area contributed by atoms with Gasteiger partial charge in [-0.15, -0.1) is 0 Å². The monoisotopic (exact) mass is 298 g/mol. The molecule has 2 fully saturated rings. The summed E-state index contributed by atoms with van der Waals surface area (Å²) >= 11 is 3.39. The van der Waals surface area contributed by atoms with Crippen LogP contribution in [0.25, 0.3) is 0 Å². The van der Waals surface area contributed by atoms with Gasteiger partial charge in [0.1, 0.15) is 5.82 Å². The largest absolute Gasteiger partial charge is 0.378 e. The zero-order valence-electron chi connectivity index (χ0n) is 9.63. The quantitative estimate of drug-likeness (QED) is 0.902. The summed E-state index contributed by atoms with van der Waals surface area (Å²) in [6.45, 7) is 2.36. The van der Waals surface area contributed by atoms with Crippen LogP contribution in [0.2, 0.25) is 0 Å². The molecule has 1 N–H and O–H groups in total. The highest BCUT2D eigenvalue weighted by Crippen LogP contribution is 2.31. The summed E-state index contributed by atoms with van der Waals surface area (Å²) in [6, 6.07) is 6.08. The Hall–Kier alpha value is -0.610. The van der Waals surface area contributed by atoms with Crippen LogP contribution in [0.1, 0.15) is 19.3 Å². The molecule has 2 aliphatic heterocycles. The predicted octanol–water partition coefficient (Wildman–Crippen LogP) is 3.24. The van der Waals surface area contributed by atoms with Crippen molar-refractivity contribution in [1.82, 2.24) is 4.90 Å². The van der Waals surface area contributed by atoms with Gasteiger partial charge in [-0.05, 0) is 44.0 Å². The molecule has 0 spiro atoms. The minimum atomic E-state index is -0.162. The second kappa shape index (κ2) is 4.58. The smallest absolute Gasteiger partial charge is 0.146 e. The van der Waals surface area contributed by atoms with Crippen LogP contribution in [0, 0.1) is 5.82 Å². The van der Waals surface area contributed by atoms with Crippen molar-refractivity contribution in [3.05, 3.63) is 28.5 Å². The van der Waals surface area contributed by atoms with Gasteiger partial charge in [0.15, 0.2) is 0 Å². The van der Waals surface area contributed by atoms with Crippen LogP contribution in [0.4, 0.5) is 10.1 Å². The summed E-state index contributed by atoms with van der Waals surface area (Å²) in [7, 11) is 0. The van der Waals surface area contributed by atoms with E-state index >= 15 is 0 Å². The van der Waals surface area contributed by atoms with Crippen molar-refractivity contribution in [2.75, 3.05) is 18.4 Å². The summed E-state index contributed by atoms with van der Waals surface area (Å²) in [5, 5.41) is 3.37. The molecule has 17 heavy (non-hydrogen) atoms. The fourth-order valence-electron chi connectivity index (χ4n) is 3.06. The first-order chi connectivity index (χ1) is 8.24. The topological polar surface area (TPSA) is 15.3 Å². The average Bonchev–Trinajstić information content (AvgIpc) is 2.88. The lowest BCUT2D eigenvalue weighted by Crippen LogP contribution is -2.33. The van der Waals surface area contributed by atoms with E-state index in [4.69, 9.17) is 0 Å². The summed E-state index contributed by atoms with van der Waals surface area (Å²) in [5.74, 6) is -0.162. The number of fused-ring (bicyclic) bond motifs is 1. The zero-order chi connectivity index (χ0) is 11.8. The lowest BCUT2D eigenvalue weighted by Gasteiger charge is -2.22. The Morgan fingerprint density at radius 1 is 1.29 bits per heavy atom. The first-order valence-electron chi connectivity index (χ1n) is 6.20. The van der Waals surface area contributed by atoms with Gasteiger partial charge >= 0.3 is 0 Å². The first kappa shape index (κ1) is 11.5. The van der Waals surface area contributed by atoms with Crippen molar-refractivity contribution in [1.29, 1.82) is 0 Å². The fraction of sp³-hybridized carbons (Fsp3) is 0.538. The highest BCUT2D eigenvalue weighted by Gasteiger charge is 2.37. The Bertz CT molecular complexity index is 424. The normalized spacial score (nSPS) is 28.4. The molecule has 1 aromatic rings. The van der Waals surface area contributed by atoms with Crippen LogP contribution in [0.15, 0.2) is 22.7 Å². The van der Waals surface area contributed by atoms with Gasteiger partial charge in [0.25, 0.3) is 0 Å². The molecule has 0 saturated carbocycles. The minimum absolute atomic E-state index is 0.162. The maximum atomic E-state index is 13.7. The summed E-state index contributed by atoms with van der Waals surface area (Å²) in [6.07, 6.45) is 3.65. The van der Waals surface area contributed by atoms with Gasteiger partial charge in [0.2, 0.25) is 0 Å². The number of nitrogens with one attached hydrogen (secondary N) is 1. The number of halogens is 2. The molecule has 2 atom stereocenters. The van der Waals surface area contributed by atoms with E-state index in [0.717, 1.165) is 17.4 Å². The molecule has 0 aliphatic carbocycles. The van der Waals surface area contributed by atoms with Gasteiger partial charge in [-0.1, -0.05) is 15.9 Å². The maximum Gasteiger partial charge on any atom is 0.146 e. The molecule has 4 heteroatoms. The molecule has 0 aromatic heterocycles. The van der Waals surface area contributed by atoms with Gasteiger partial charge < -0.3 is 5.32 Å². The van der Waals surface area contributed by atoms with Gasteiger partial charge in [-0.2, -0.15) is 0 Å². The Labute approximate surface area is 109 Å². The molecule has 2 heterocycles. The highest BCUT2D eigenvalue weighted by atomic mass is 79.9. The number of anilines is 1. The first-order valence-corrected chi connectivity index (χ1v) is 6.99. The molecular weight excluding hydrogens is 283 g/mol. The summed E-state index contributed by atoms with van der Waals surface area (Å²) in [5.41, 5.74) is 0.623. The lowest BCUT2D eigenvalue weighted by molar-refractivity contribution is 0.318. The van der Waals surface area contributed by atoms with Crippen LogP contribution < -0.4 is 5.32 Å². The maximum absolute atomic E-state index is 13.7. The molecule has 2 unspecified atom stereocenters. The molecule has 2 aliphatic rings. The molecule has 2 saturated heterocycles. The lowest BCUT2D eigenvalue weighted by atomic mass is 10.1. The van der Waals surface area contributed by atoms with Crippen LogP contribution in [-0.2, 0) is 0 Å². The molecule has 0 bridgehead atoms. The number of hydrogen-bond acceptors (Lipinski definition) is 2. The van der Waals surface area contributed by atoms with Crippen LogP contribution in [0.5, 0.6) is 0 Å². The molecular formula is C13H16BrFN2. The van der Waals surface area contributed by atoms with Crippen molar-refractivity contribution >= 4 is 21.6 Å². The molecule has 2 nitrogen and oxygen atoms in total. The minimum Gasteiger partial charge on any atom is -0.378 e. The SMILES string of the molecule is Fc1ccc(Br)cc1NC1CCN2CCCC12. The van der Waals surface area contributed by atoms with Gasteiger partial charge in [0.05, 0.1) is 5.69 Å². The van der Waals surface area contributed by atoms with Crippen LogP contribution in [0.3, 0.4) is 0 Å². The van der Waals surface area contributed by atoms with Crippen molar-refractivity contribution < 1.29 is 4.39 Å². The number of hydrogen-bond donors (Lipinski definition) is 1. The highest BCUT2D eigenvalue weighted by molar-refractivity contribution is 9.10. The van der Waals surface area contributed by atoms with Gasteiger partial charge in [-0.3, -0.25) is 4.90 Å². The summed E-state index contributed by atoms with van der Waals surface area (Å²) < 4.78 is 14.6. The van der Waals surface area contributed by atoms with E-state index in [2.05, 4.69) is 26.1 Å². The second-order valence-corrected chi connectivity index (χ2v) is 5.82.